The smallest absolute Gasteiger partial charge is 0.322 e. The van der Waals surface area contributed by atoms with Crippen molar-refractivity contribution >= 4 is 23.3 Å². The Bertz CT molecular complexity index is 1270. The van der Waals surface area contributed by atoms with E-state index in [0.717, 1.165) is 5.56 Å². The van der Waals surface area contributed by atoms with Crippen molar-refractivity contribution in [1.82, 2.24) is 20.1 Å². The number of pyridine rings is 1. The number of halogens is 2. The minimum absolute atomic E-state index is 0.0379. The third-order valence-electron chi connectivity index (χ3n) is 5.78. The topological polar surface area (TPSA) is 100 Å². The van der Waals surface area contributed by atoms with Crippen LogP contribution in [0.4, 0.5) is 14.9 Å². The fraction of sp³-hybridized carbons (Fsp3) is 0.304. The van der Waals surface area contributed by atoms with Gasteiger partial charge in [0.2, 0.25) is 0 Å². The first-order valence-corrected chi connectivity index (χ1v) is 10.9. The minimum atomic E-state index is -0.637. The molecule has 0 saturated carbocycles. The number of methoxy groups -OCH3 is 1. The molecule has 0 saturated heterocycles. The minimum Gasteiger partial charge on any atom is -0.494 e. The van der Waals surface area contributed by atoms with Crippen LogP contribution in [0.25, 0.3) is 11.1 Å². The van der Waals surface area contributed by atoms with Gasteiger partial charge in [-0.2, -0.15) is 5.10 Å². The van der Waals surface area contributed by atoms with Gasteiger partial charge in [0, 0.05) is 29.4 Å². The Hall–Kier alpha value is -3.46. The standard InChI is InChI=1S/C23H23ClFN5O3/c1-4-19-22-13(8-21(31)28-29-22)7-12(2)30(19)23(32)27-18-10-16(24)15(9-17(18)25)14-5-6-26-11-20(14)33-3/h5-6,8-12,19H,4,7H2,1-3H3,(H,27,32)(H,28,31). The average Bonchev–Trinajstić information content (AvgIpc) is 2.79. The summed E-state index contributed by atoms with van der Waals surface area (Å²) in [6.07, 6.45) is 4.12. The lowest BCUT2D eigenvalue weighted by atomic mass is 9.92. The molecule has 0 aliphatic carbocycles. The van der Waals surface area contributed by atoms with Crippen LogP contribution in [0.3, 0.4) is 0 Å². The predicted molar refractivity (Wildman–Crippen MR) is 123 cm³/mol. The van der Waals surface area contributed by atoms with Gasteiger partial charge in [0.25, 0.3) is 5.56 Å². The summed E-state index contributed by atoms with van der Waals surface area (Å²) < 4.78 is 20.3. The van der Waals surface area contributed by atoms with Gasteiger partial charge >= 0.3 is 6.03 Å². The highest BCUT2D eigenvalue weighted by Crippen LogP contribution is 2.38. The van der Waals surface area contributed by atoms with Crippen LogP contribution in [0.2, 0.25) is 5.02 Å². The van der Waals surface area contributed by atoms with Crippen LogP contribution in [0, 0.1) is 5.82 Å². The zero-order valence-corrected chi connectivity index (χ0v) is 19.1. The molecule has 2 atom stereocenters. The van der Waals surface area contributed by atoms with Gasteiger partial charge in [-0.3, -0.25) is 9.78 Å². The van der Waals surface area contributed by atoms with Gasteiger partial charge in [-0.25, -0.2) is 14.3 Å². The Morgan fingerprint density at radius 1 is 1.36 bits per heavy atom. The van der Waals surface area contributed by atoms with Crippen LogP contribution >= 0.6 is 11.6 Å². The number of carbonyl (C=O) groups excluding carboxylic acids is 1. The largest absolute Gasteiger partial charge is 0.494 e. The molecule has 172 valence electrons. The first-order chi connectivity index (χ1) is 15.8. The fourth-order valence-electron chi connectivity index (χ4n) is 4.28. The predicted octanol–water partition coefficient (Wildman–Crippen LogP) is 4.56. The molecule has 4 rings (SSSR count). The molecule has 3 heterocycles. The van der Waals surface area contributed by atoms with Crippen LogP contribution < -0.4 is 15.6 Å². The number of benzene rings is 1. The Balaban J connectivity index is 1.64. The lowest BCUT2D eigenvalue weighted by Gasteiger charge is -2.40. The van der Waals surface area contributed by atoms with Crippen molar-refractivity contribution in [3.8, 4) is 16.9 Å². The SMILES string of the molecule is CCC1c2n[nH]c(=O)cc2CC(C)N1C(=O)Nc1cc(Cl)c(-c2ccncc2OC)cc1F. The van der Waals surface area contributed by atoms with E-state index in [1.165, 1.54) is 31.5 Å². The van der Waals surface area contributed by atoms with E-state index in [1.54, 1.807) is 17.2 Å². The number of hydrogen-bond acceptors (Lipinski definition) is 5. The Kier molecular flexibility index (Phi) is 6.33. The molecule has 1 aliphatic heterocycles. The number of urea groups is 1. The molecular weight excluding hydrogens is 449 g/mol. The number of aromatic nitrogens is 3. The van der Waals surface area contributed by atoms with Crippen molar-refractivity contribution in [3.63, 3.8) is 0 Å². The number of rotatable bonds is 4. The first kappa shape index (κ1) is 22.7. The molecule has 0 fully saturated rings. The Morgan fingerprint density at radius 3 is 2.88 bits per heavy atom. The number of nitrogens with zero attached hydrogens (tertiary/aromatic N) is 3. The van der Waals surface area contributed by atoms with Crippen LogP contribution in [0.1, 0.15) is 37.6 Å². The molecule has 8 nitrogen and oxygen atoms in total. The normalized spacial score (nSPS) is 17.4. The molecule has 2 amide bonds. The van der Waals surface area contributed by atoms with Crippen molar-refractivity contribution in [1.29, 1.82) is 0 Å². The highest BCUT2D eigenvalue weighted by molar-refractivity contribution is 6.33. The number of amides is 2. The molecule has 0 bridgehead atoms. The summed E-state index contributed by atoms with van der Waals surface area (Å²) in [7, 11) is 1.49. The van der Waals surface area contributed by atoms with E-state index in [0.29, 0.717) is 35.4 Å². The summed E-state index contributed by atoms with van der Waals surface area (Å²) in [6, 6.07) is 4.77. The quantitative estimate of drug-likeness (QED) is 0.581. The van der Waals surface area contributed by atoms with E-state index >= 15 is 4.39 Å². The van der Waals surface area contributed by atoms with E-state index < -0.39 is 11.8 Å². The van der Waals surface area contributed by atoms with E-state index in [9.17, 15) is 9.59 Å². The average molecular weight is 472 g/mol. The maximum Gasteiger partial charge on any atom is 0.322 e. The molecule has 0 radical (unpaired) electrons. The number of anilines is 1. The first-order valence-electron chi connectivity index (χ1n) is 10.5. The number of hydrogen-bond donors (Lipinski definition) is 2. The van der Waals surface area contributed by atoms with Crippen LogP contribution in [-0.2, 0) is 6.42 Å². The molecule has 1 aliphatic rings. The number of fused-ring (bicyclic) bond motifs is 1. The van der Waals surface area contributed by atoms with E-state index in [-0.39, 0.29) is 28.4 Å². The van der Waals surface area contributed by atoms with Crippen molar-refractivity contribution in [2.45, 2.75) is 38.8 Å². The number of ether oxygens (including phenoxy) is 1. The zero-order valence-electron chi connectivity index (χ0n) is 18.4. The zero-order chi connectivity index (χ0) is 23.7. The molecule has 3 aromatic rings. The van der Waals surface area contributed by atoms with E-state index in [4.69, 9.17) is 16.3 Å². The van der Waals surface area contributed by atoms with Gasteiger partial charge < -0.3 is 15.0 Å². The monoisotopic (exact) mass is 471 g/mol. The molecule has 33 heavy (non-hydrogen) atoms. The summed E-state index contributed by atoms with van der Waals surface area (Å²) in [4.78, 5) is 30.5. The van der Waals surface area contributed by atoms with Gasteiger partial charge in [-0.05, 0) is 43.5 Å². The molecule has 2 aromatic heterocycles. The number of carbonyl (C=O) groups is 1. The third kappa shape index (κ3) is 4.28. The maximum absolute atomic E-state index is 15.0. The molecule has 10 heteroatoms. The maximum atomic E-state index is 15.0. The third-order valence-corrected chi connectivity index (χ3v) is 6.09. The molecular formula is C23H23ClFN5O3. The van der Waals surface area contributed by atoms with Crippen LogP contribution in [-0.4, -0.2) is 39.3 Å². The van der Waals surface area contributed by atoms with Crippen molar-refractivity contribution in [2.24, 2.45) is 0 Å². The fourth-order valence-corrected chi connectivity index (χ4v) is 4.55. The lowest BCUT2D eigenvalue weighted by molar-refractivity contribution is 0.145. The molecule has 1 aromatic carbocycles. The van der Waals surface area contributed by atoms with Gasteiger partial charge in [0.15, 0.2) is 0 Å². The van der Waals surface area contributed by atoms with Gasteiger partial charge in [0.05, 0.1) is 35.8 Å². The number of nitrogens with one attached hydrogen (secondary N) is 2. The second-order valence-corrected chi connectivity index (χ2v) is 8.25. The molecule has 0 spiro atoms. The second-order valence-electron chi connectivity index (χ2n) is 7.85. The van der Waals surface area contributed by atoms with Crippen molar-refractivity contribution < 1.29 is 13.9 Å². The summed E-state index contributed by atoms with van der Waals surface area (Å²) in [5.74, 6) is -0.185. The molecule has 2 unspecified atom stereocenters. The van der Waals surface area contributed by atoms with Crippen LogP contribution in [0.5, 0.6) is 5.75 Å². The summed E-state index contributed by atoms with van der Waals surface area (Å²) in [6.45, 7) is 3.81. The summed E-state index contributed by atoms with van der Waals surface area (Å²) >= 11 is 6.45. The van der Waals surface area contributed by atoms with E-state index in [2.05, 4.69) is 20.5 Å². The van der Waals surface area contributed by atoms with Gasteiger partial charge in [-0.15, -0.1) is 0 Å². The summed E-state index contributed by atoms with van der Waals surface area (Å²) in [5, 5.41) is 9.51. The van der Waals surface area contributed by atoms with Crippen molar-refractivity contribution in [3.05, 3.63) is 69.1 Å². The second kappa shape index (κ2) is 9.19. The Labute approximate surface area is 194 Å². The molecule has 2 N–H and O–H groups in total. The van der Waals surface area contributed by atoms with Crippen molar-refractivity contribution in [2.75, 3.05) is 12.4 Å². The van der Waals surface area contributed by atoms with Gasteiger partial charge in [-0.1, -0.05) is 18.5 Å². The number of H-pyrrole nitrogens is 1. The highest BCUT2D eigenvalue weighted by Gasteiger charge is 2.36. The lowest BCUT2D eigenvalue weighted by Crippen LogP contribution is -2.48. The number of aromatic amines is 1. The van der Waals surface area contributed by atoms with Crippen LogP contribution in [0.15, 0.2) is 41.5 Å². The van der Waals surface area contributed by atoms with Gasteiger partial charge in [0.1, 0.15) is 11.6 Å². The summed E-state index contributed by atoms with van der Waals surface area (Å²) in [5.41, 5.74) is 2.14. The highest BCUT2D eigenvalue weighted by atomic mass is 35.5. The van der Waals surface area contributed by atoms with E-state index in [1.807, 2.05) is 13.8 Å². The Morgan fingerprint density at radius 2 is 2.15 bits per heavy atom.